The highest BCUT2D eigenvalue weighted by molar-refractivity contribution is 6.24. The third-order valence-corrected chi connectivity index (χ3v) is 6.31. The third-order valence-electron chi connectivity index (χ3n) is 6.18. The van der Waals surface area contributed by atoms with E-state index in [9.17, 15) is 17.6 Å². The maximum atomic E-state index is 13.5. The first-order chi connectivity index (χ1) is 19.3. The smallest absolute Gasteiger partial charge is 0.145 e. The summed E-state index contributed by atoms with van der Waals surface area (Å²) < 4.78 is 55.3. The van der Waals surface area contributed by atoms with Gasteiger partial charge in [0, 0.05) is 33.9 Å². The Morgan fingerprint density at radius 1 is 0.725 bits per heavy atom. The summed E-state index contributed by atoms with van der Waals surface area (Å²) in [5, 5.41) is 3.93. The van der Waals surface area contributed by atoms with Crippen molar-refractivity contribution >= 4 is 72.7 Å². The lowest BCUT2D eigenvalue weighted by molar-refractivity contribution is -0.105. The predicted molar refractivity (Wildman–Crippen MR) is 150 cm³/mol. The van der Waals surface area contributed by atoms with Gasteiger partial charge in [-0.05, 0) is 83.6 Å². The number of nitrogen functional groups attached to an aromatic ring is 1. The highest BCUT2D eigenvalue weighted by Crippen LogP contribution is 2.30. The lowest BCUT2D eigenvalue weighted by Gasteiger charge is -2.08. The molecule has 0 aliphatic rings. The van der Waals surface area contributed by atoms with Crippen LogP contribution in [0.2, 0.25) is 0 Å². The van der Waals surface area contributed by atoms with Crippen LogP contribution < -0.4 is 5.73 Å². The fourth-order valence-corrected chi connectivity index (χ4v) is 4.54. The molecule has 3 heterocycles. The second kappa shape index (κ2) is 11.2. The molecule has 200 valence electrons. The predicted octanol–water partition coefficient (Wildman–Crippen LogP) is 7.59. The minimum absolute atomic E-state index is 0.111. The maximum absolute atomic E-state index is 13.5. The van der Waals surface area contributed by atoms with Crippen LogP contribution in [0.25, 0.3) is 49.0 Å². The molecule has 10 heteroatoms. The molecule has 0 saturated carbocycles. The molecule has 0 fully saturated rings. The second-order valence-electron chi connectivity index (χ2n) is 8.64. The van der Waals surface area contributed by atoms with E-state index < -0.39 is 0 Å². The molecular weight excluding hydrogens is 544 g/mol. The molecule has 40 heavy (non-hydrogen) atoms. The van der Waals surface area contributed by atoms with Gasteiger partial charge in [0.1, 0.15) is 41.0 Å². The maximum Gasteiger partial charge on any atom is 0.145 e. The van der Waals surface area contributed by atoms with Gasteiger partial charge in [0.25, 0.3) is 0 Å². The summed E-state index contributed by atoms with van der Waals surface area (Å²) in [4.78, 5) is 17.5. The zero-order chi connectivity index (χ0) is 28.4. The molecule has 4 aromatic carbocycles. The van der Waals surface area contributed by atoms with Gasteiger partial charge in [-0.25, -0.2) is 27.5 Å². The number of carbonyl (C=O) groups excluding carboxylic acids is 1. The number of imidazole rings is 1. The van der Waals surface area contributed by atoms with Crippen LogP contribution >= 0.6 is 11.6 Å². The number of alkyl halides is 1. The number of nitrogens with zero attached hydrogens (tertiary/aromatic N) is 3. The van der Waals surface area contributed by atoms with E-state index in [4.69, 9.17) is 22.1 Å². The van der Waals surface area contributed by atoms with Gasteiger partial charge in [0.2, 0.25) is 0 Å². The van der Waals surface area contributed by atoms with Crippen LogP contribution in [-0.4, -0.2) is 26.5 Å². The van der Waals surface area contributed by atoms with Crippen molar-refractivity contribution in [3.63, 3.8) is 0 Å². The fourth-order valence-electron chi connectivity index (χ4n) is 4.54. The van der Waals surface area contributed by atoms with Gasteiger partial charge in [-0.15, -0.1) is 11.6 Å². The number of fused-ring (bicyclic) bond motifs is 9. The van der Waals surface area contributed by atoms with E-state index in [0.717, 1.165) is 16.6 Å². The number of rotatable bonds is 1. The molecule has 5 nitrogen and oxygen atoms in total. The van der Waals surface area contributed by atoms with Gasteiger partial charge in [-0.1, -0.05) is 0 Å². The number of benzene rings is 4. The fraction of sp³-hybridized carbons (Fsp3) is 0.0333. The summed E-state index contributed by atoms with van der Waals surface area (Å²) in [5.41, 5.74) is 7.90. The minimum atomic E-state index is -0.381. The Kier molecular flexibility index (Phi) is 7.48. The third kappa shape index (κ3) is 5.11. The van der Waals surface area contributed by atoms with Gasteiger partial charge in [-0.3, -0.25) is 4.40 Å². The standard InChI is InChI=1S/C15H8F2N2.C13H8F2N2.C2H3ClO/c16-9-1-3-11-12(7-9)13-8-10(17)2-4-14(13)19-6-5-18-15(11)19;14-7-1-3-9-10(5-7)11-6-8(15)2-4-12(11)17-13(9)16;3-1-2-4/h1-8H;1-6H,(H2,16,17);2H,1H2. The van der Waals surface area contributed by atoms with Crippen LogP contribution in [-0.2, 0) is 4.79 Å². The first kappa shape index (κ1) is 26.8. The van der Waals surface area contributed by atoms with Crippen molar-refractivity contribution in [3.8, 4) is 0 Å². The summed E-state index contributed by atoms with van der Waals surface area (Å²) in [6.45, 7) is 0. The number of halogens is 5. The quantitative estimate of drug-likeness (QED) is 0.0968. The Morgan fingerprint density at radius 2 is 1.25 bits per heavy atom. The molecule has 0 aliphatic carbocycles. The lowest BCUT2D eigenvalue weighted by Crippen LogP contribution is -1.94. The van der Waals surface area contributed by atoms with Crippen molar-refractivity contribution in [1.82, 2.24) is 14.4 Å². The summed E-state index contributed by atoms with van der Waals surface area (Å²) in [6, 6.07) is 17.4. The van der Waals surface area contributed by atoms with Gasteiger partial charge in [0.05, 0.1) is 16.9 Å². The van der Waals surface area contributed by atoms with Crippen molar-refractivity contribution < 1.29 is 22.4 Å². The van der Waals surface area contributed by atoms with Crippen molar-refractivity contribution in [1.29, 1.82) is 0 Å². The van der Waals surface area contributed by atoms with Crippen molar-refractivity contribution in [2.75, 3.05) is 11.6 Å². The highest BCUT2D eigenvalue weighted by atomic mass is 35.5. The monoisotopic (exact) mass is 562 g/mol. The van der Waals surface area contributed by atoms with Crippen LogP contribution in [0, 0.1) is 23.3 Å². The van der Waals surface area contributed by atoms with E-state index in [2.05, 4.69) is 9.97 Å². The van der Waals surface area contributed by atoms with Gasteiger partial charge < -0.3 is 10.5 Å². The Balaban J connectivity index is 0.000000144. The molecule has 0 unspecified atom stereocenters. The number of carbonyl (C=O) groups is 1. The largest absolute Gasteiger partial charge is 0.383 e. The zero-order valence-corrected chi connectivity index (χ0v) is 21.3. The molecule has 0 spiro atoms. The molecule has 7 aromatic rings. The molecule has 0 radical (unpaired) electrons. The number of nitrogens with two attached hydrogens (primary N) is 1. The SMILES string of the molecule is Fc1ccc2c(c1)c1cc(F)ccc1n1ccnc21.Nc1nc2ccc(F)cc2c2cc(F)ccc12.O=CCCl. The topological polar surface area (TPSA) is 73.3 Å². The van der Waals surface area contributed by atoms with E-state index in [1.807, 2.05) is 10.6 Å². The van der Waals surface area contributed by atoms with E-state index in [1.165, 1.54) is 54.6 Å². The average molecular weight is 563 g/mol. The summed E-state index contributed by atoms with van der Waals surface area (Å²) in [6.07, 6.45) is 4.14. The molecule has 0 atom stereocenters. The highest BCUT2D eigenvalue weighted by Gasteiger charge is 2.11. The summed E-state index contributed by atoms with van der Waals surface area (Å²) in [5.74, 6) is -1.01. The zero-order valence-electron chi connectivity index (χ0n) is 20.6. The van der Waals surface area contributed by atoms with Crippen molar-refractivity contribution in [3.05, 3.63) is 108 Å². The molecule has 2 N–H and O–H groups in total. The van der Waals surface area contributed by atoms with Gasteiger partial charge >= 0.3 is 0 Å². The molecule has 7 rings (SSSR count). The van der Waals surface area contributed by atoms with E-state index in [0.29, 0.717) is 44.6 Å². The van der Waals surface area contributed by atoms with Crippen molar-refractivity contribution in [2.24, 2.45) is 0 Å². The molecule has 0 amide bonds. The Morgan fingerprint density at radius 3 is 1.90 bits per heavy atom. The number of aldehydes is 1. The molecule has 0 bridgehead atoms. The first-order valence-electron chi connectivity index (χ1n) is 11.9. The lowest BCUT2D eigenvalue weighted by atomic mass is 10.1. The van der Waals surface area contributed by atoms with E-state index in [1.54, 1.807) is 24.4 Å². The van der Waals surface area contributed by atoms with Crippen LogP contribution in [0.1, 0.15) is 0 Å². The second-order valence-corrected chi connectivity index (χ2v) is 8.95. The Labute approximate surface area is 229 Å². The molecule has 3 aromatic heterocycles. The van der Waals surface area contributed by atoms with E-state index in [-0.39, 0.29) is 29.1 Å². The van der Waals surface area contributed by atoms with Crippen LogP contribution in [0.5, 0.6) is 0 Å². The Hall–Kier alpha value is -4.76. The van der Waals surface area contributed by atoms with Crippen molar-refractivity contribution in [2.45, 2.75) is 0 Å². The summed E-state index contributed by atoms with van der Waals surface area (Å²) >= 11 is 4.82. The Bertz CT molecular complexity index is 1970. The number of hydrogen-bond acceptors (Lipinski definition) is 4. The van der Waals surface area contributed by atoms with Gasteiger partial charge in [-0.2, -0.15) is 0 Å². The van der Waals surface area contributed by atoms with E-state index >= 15 is 0 Å². The molecule has 0 aliphatic heterocycles. The van der Waals surface area contributed by atoms with Crippen LogP contribution in [0.3, 0.4) is 0 Å². The first-order valence-corrected chi connectivity index (χ1v) is 12.4. The number of hydrogen-bond donors (Lipinski definition) is 1. The average Bonchev–Trinajstić information content (AvgIpc) is 3.44. The minimum Gasteiger partial charge on any atom is -0.383 e. The number of anilines is 1. The molecule has 0 saturated heterocycles. The van der Waals surface area contributed by atoms with Crippen LogP contribution in [0.4, 0.5) is 23.4 Å². The normalized spacial score (nSPS) is 10.9. The van der Waals surface area contributed by atoms with Gasteiger partial charge in [0.15, 0.2) is 0 Å². The number of pyridine rings is 2. The number of aromatic nitrogens is 3. The molecular formula is C30H19ClF4N4O. The van der Waals surface area contributed by atoms with Crippen LogP contribution in [0.15, 0.2) is 85.2 Å². The summed E-state index contributed by atoms with van der Waals surface area (Å²) in [7, 11) is 0.